The zero-order valence-electron chi connectivity index (χ0n) is 11.1. The summed E-state index contributed by atoms with van der Waals surface area (Å²) >= 11 is 6.37. The van der Waals surface area contributed by atoms with E-state index in [1.807, 2.05) is 6.07 Å². The minimum absolute atomic E-state index is 0.538. The van der Waals surface area contributed by atoms with Crippen LogP contribution < -0.4 is 14.8 Å². The van der Waals surface area contributed by atoms with E-state index in [1.165, 1.54) is 19.3 Å². The van der Waals surface area contributed by atoms with Gasteiger partial charge in [-0.1, -0.05) is 18.0 Å². The van der Waals surface area contributed by atoms with Crippen molar-refractivity contribution in [1.82, 2.24) is 5.32 Å². The Kier molecular flexibility index (Phi) is 4.14. The van der Waals surface area contributed by atoms with Crippen molar-refractivity contribution < 1.29 is 9.47 Å². The highest BCUT2D eigenvalue weighted by atomic mass is 35.5. The van der Waals surface area contributed by atoms with Gasteiger partial charge in [0.1, 0.15) is 0 Å². The first-order valence-electron chi connectivity index (χ1n) is 7.14. The Labute approximate surface area is 119 Å². The molecule has 1 unspecified atom stereocenters. The molecule has 2 heterocycles. The molecular formula is C15H20ClNO2. The molecule has 0 saturated carbocycles. The van der Waals surface area contributed by atoms with E-state index in [1.54, 1.807) is 0 Å². The van der Waals surface area contributed by atoms with Crippen LogP contribution in [0.5, 0.6) is 11.5 Å². The van der Waals surface area contributed by atoms with Crippen LogP contribution in [-0.2, 0) is 6.42 Å². The molecule has 4 heteroatoms. The molecule has 0 bridgehead atoms. The van der Waals surface area contributed by atoms with Crippen LogP contribution in [0.15, 0.2) is 12.1 Å². The maximum absolute atomic E-state index is 6.37. The van der Waals surface area contributed by atoms with E-state index in [0.717, 1.165) is 48.1 Å². The van der Waals surface area contributed by atoms with Gasteiger partial charge in [-0.05, 0) is 37.4 Å². The number of nitrogens with one attached hydrogen (secondary N) is 1. The molecule has 0 amide bonds. The summed E-state index contributed by atoms with van der Waals surface area (Å²) in [5.74, 6) is 1.62. The van der Waals surface area contributed by atoms with E-state index in [0.29, 0.717) is 12.6 Å². The molecule has 19 heavy (non-hydrogen) atoms. The number of piperidine rings is 1. The minimum atomic E-state index is 0.538. The van der Waals surface area contributed by atoms with Gasteiger partial charge in [0.25, 0.3) is 0 Å². The molecule has 1 aromatic carbocycles. The quantitative estimate of drug-likeness (QED) is 0.903. The number of fused-ring (bicyclic) bond motifs is 1. The third-order valence-corrected chi connectivity index (χ3v) is 4.15. The van der Waals surface area contributed by atoms with Crippen LogP contribution in [0.2, 0.25) is 5.02 Å². The number of hydrogen-bond donors (Lipinski definition) is 1. The maximum Gasteiger partial charge on any atom is 0.162 e. The molecule has 0 aliphatic carbocycles. The van der Waals surface area contributed by atoms with Crippen LogP contribution in [-0.4, -0.2) is 25.8 Å². The highest BCUT2D eigenvalue weighted by Crippen LogP contribution is 2.35. The molecule has 104 valence electrons. The molecule has 1 fully saturated rings. The van der Waals surface area contributed by atoms with Gasteiger partial charge in [-0.25, -0.2) is 0 Å². The molecular weight excluding hydrogens is 262 g/mol. The summed E-state index contributed by atoms with van der Waals surface area (Å²) in [5.41, 5.74) is 1.16. The van der Waals surface area contributed by atoms with Gasteiger partial charge in [-0.3, -0.25) is 0 Å². The fourth-order valence-corrected chi connectivity index (χ4v) is 2.98. The first kappa shape index (κ1) is 13.1. The Morgan fingerprint density at radius 1 is 1.11 bits per heavy atom. The van der Waals surface area contributed by atoms with E-state index in [-0.39, 0.29) is 0 Å². The molecule has 1 N–H and O–H groups in total. The number of halogens is 1. The van der Waals surface area contributed by atoms with Crippen molar-refractivity contribution >= 4 is 11.6 Å². The highest BCUT2D eigenvalue weighted by molar-refractivity contribution is 6.31. The zero-order chi connectivity index (χ0) is 13.1. The lowest BCUT2D eigenvalue weighted by Crippen LogP contribution is -2.35. The lowest BCUT2D eigenvalue weighted by atomic mass is 9.97. The largest absolute Gasteiger partial charge is 0.490 e. The second kappa shape index (κ2) is 6.02. The first-order chi connectivity index (χ1) is 9.33. The van der Waals surface area contributed by atoms with E-state index >= 15 is 0 Å². The predicted octanol–water partition coefficient (Wildman–Crippen LogP) is 3.19. The van der Waals surface area contributed by atoms with Crippen molar-refractivity contribution in [2.24, 2.45) is 0 Å². The Hall–Kier alpha value is -0.930. The maximum atomic E-state index is 6.37. The molecule has 2 aliphatic rings. The van der Waals surface area contributed by atoms with Crippen molar-refractivity contribution in [3.63, 3.8) is 0 Å². The first-order valence-corrected chi connectivity index (χ1v) is 7.52. The Morgan fingerprint density at radius 3 is 2.63 bits per heavy atom. The summed E-state index contributed by atoms with van der Waals surface area (Å²) in [6, 6.07) is 4.50. The standard InChI is InChI=1S/C15H20ClNO2/c16-13-10-15-14(18-6-3-7-19-15)9-11(13)8-12-4-1-2-5-17-12/h9-10,12,17H,1-8H2. The fraction of sp³-hybridized carbons (Fsp3) is 0.600. The molecule has 3 rings (SSSR count). The SMILES string of the molecule is Clc1cc2c(cc1CC1CCCCN1)OCCCO2. The average molecular weight is 282 g/mol. The van der Waals surface area contributed by atoms with Gasteiger partial charge in [0.05, 0.1) is 13.2 Å². The molecule has 3 nitrogen and oxygen atoms in total. The number of ether oxygens (including phenoxy) is 2. The molecule has 1 aromatic rings. The van der Waals surface area contributed by atoms with Gasteiger partial charge in [-0.2, -0.15) is 0 Å². The predicted molar refractivity (Wildman–Crippen MR) is 76.4 cm³/mol. The number of rotatable bonds is 2. The van der Waals surface area contributed by atoms with Crippen molar-refractivity contribution in [3.05, 3.63) is 22.7 Å². The molecule has 1 saturated heterocycles. The van der Waals surface area contributed by atoms with E-state index in [4.69, 9.17) is 21.1 Å². The van der Waals surface area contributed by atoms with Crippen LogP contribution in [0.1, 0.15) is 31.2 Å². The van der Waals surface area contributed by atoms with Crippen molar-refractivity contribution in [1.29, 1.82) is 0 Å². The van der Waals surface area contributed by atoms with Gasteiger partial charge in [-0.15, -0.1) is 0 Å². The van der Waals surface area contributed by atoms with Gasteiger partial charge < -0.3 is 14.8 Å². The van der Waals surface area contributed by atoms with Crippen molar-refractivity contribution in [3.8, 4) is 11.5 Å². The van der Waals surface area contributed by atoms with Gasteiger partial charge in [0, 0.05) is 23.6 Å². The minimum Gasteiger partial charge on any atom is -0.490 e. The lowest BCUT2D eigenvalue weighted by molar-refractivity contribution is 0.297. The van der Waals surface area contributed by atoms with Gasteiger partial charge in [0.15, 0.2) is 11.5 Å². The van der Waals surface area contributed by atoms with Crippen LogP contribution in [0, 0.1) is 0 Å². The summed E-state index contributed by atoms with van der Waals surface area (Å²) in [6.07, 6.45) is 5.71. The lowest BCUT2D eigenvalue weighted by Gasteiger charge is -2.24. The fourth-order valence-electron chi connectivity index (χ4n) is 2.75. The Bertz CT molecular complexity index is 444. The summed E-state index contributed by atoms with van der Waals surface area (Å²) in [6.45, 7) is 2.54. The smallest absolute Gasteiger partial charge is 0.162 e. The highest BCUT2D eigenvalue weighted by Gasteiger charge is 2.18. The number of hydrogen-bond acceptors (Lipinski definition) is 3. The summed E-state index contributed by atoms with van der Waals surface area (Å²) in [5, 5.41) is 4.35. The third-order valence-electron chi connectivity index (χ3n) is 3.80. The van der Waals surface area contributed by atoms with E-state index < -0.39 is 0 Å². The van der Waals surface area contributed by atoms with E-state index in [2.05, 4.69) is 11.4 Å². The van der Waals surface area contributed by atoms with Crippen LogP contribution >= 0.6 is 11.6 Å². The van der Waals surface area contributed by atoms with Crippen molar-refractivity contribution in [2.45, 2.75) is 38.1 Å². The normalized spacial score (nSPS) is 22.9. The third kappa shape index (κ3) is 3.15. The summed E-state index contributed by atoms with van der Waals surface area (Å²) in [4.78, 5) is 0. The topological polar surface area (TPSA) is 30.5 Å². The Morgan fingerprint density at radius 2 is 1.89 bits per heavy atom. The van der Waals surface area contributed by atoms with Crippen LogP contribution in [0.25, 0.3) is 0 Å². The van der Waals surface area contributed by atoms with Crippen LogP contribution in [0.3, 0.4) is 0 Å². The zero-order valence-corrected chi connectivity index (χ0v) is 11.8. The molecule has 0 aromatic heterocycles. The molecule has 1 atom stereocenters. The Balaban J connectivity index is 1.78. The average Bonchev–Trinajstić information content (AvgIpc) is 2.65. The second-order valence-electron chi connectivity index (χ2n) is 5.29. The molecule has 0 radical (unpaired) electrons. The van der Waals surface area contributed by atoms with Crippen molar-refractivity contribution in [2.75, 3.05) is 19.8 Å². The second-order valence-corrected chi connectivity index (χ2v) is 5.70. The van der Waals surface area contributed by atoms with E-state index in [9.17, 15) is 0 Å². The number of benzene rings is 1. The monoisotopic (exact) mass is 281 g/mol. The summed E-state index contributed by atoms with van der Waals surface area (Å²) in [7, 11) is 0. The van der Waals surface area contributed by atoms with Gasteiger partial charge in [0.2, 0.25) is 0 Å². The summed E-state index contributed by atoms with van der Waals surface area (Å²) < 4.78 is 11.4. The molecule has 0 spiro atoms. The van der Waals surface area contributed by atoms with Crippen LogP contribution in [0.4, 0.5) is 0 Å². The molecule has 2 aliphatic heterocycles. The van der Waals surface area contributed by atoms with Gasteiger partial charge >= 0.3 is 0 Å².